The van der Waals surface area contributed by atoms with Crippen LogP contribution < -0.4 is 0 Å². The van der Waals surface area contributed by atoms with Gasteiger partial charge < -0.3 is 4.57 Å². The number of nitrogens with zero attached hydrogens (tertiary/aromatic N) is 5. The zero-order valence-electron chi connectivity index (χ0n) is 17.5. The third-order valence-electron chi connectivity index (χ3n) is 5.43. The summed E-state index contributed by atoms with van der Waals surface area (Å²) in [7, 11) is 0. The Labute approximate surface area is 185 Å². The number of carbonyl (C=O) groups is 1. The summed E-state index contributed by atoms with van der Waals surface area (Å²) in [6, 6.07) is 15.5. The number of imidazole rings is 1. The van der Waals surface area contributed by atoms with Gasteiger partial charge in [-0.15, -0.1) is 0 Å². The molecule has 0 fully saturated rings. The summed E-state index contributed by atoms with van der Waals surface area (Å²) in [4.78, 5) is 26.6. The zero-order chi connectivity index (χ0) is 21.8. The molecule has 0 bridgehead atoms. The van der Waals surface area contributed by atoms with E-state index < -0.39 is 0 Å². The lowest BCUT2D eigenvalue weighted by Crippen LogP contribution is -2.02. The van der Waals surface area contributed by atoms with Gasteiger partial charge in [-0.1, -0.05) is 30.3 Å². The largest absolute Gasteiger partial charge is 0.337 e. The molecule has 0 saturated heterocycles. The first kappa shape index (κ1) is 19.8. The Morgan fingerprint density at radius 3 is 2.56 bits per heavy atom. The van der Waals surface area contributed by atoms with E-state index in [0.717, 1.165) is 47.4 Å². The number of aromatic amines is 1. The predicted octanol–water partition coefficient (Wildman–Crippen LogP) is 4.94. The summed E-state index contributed by atoms with van der Waals surface area (Å²) in [6.45, 7) is 0.869. The Balaban J connectivity index is 1.42. The van der Waals surface area contributed by atoms with E-state index in [9.17, 15) is 4.79 Å². The molecule has 0 aliphatic carbocycles. The van der Waals surface area contributed by atoms with Gasteiger partial charge >= 0.3 is 0 Å². The number of ketones is 1. The van der Waals surface area contributed by atoms with Crippen molar-refractivity contribution in [2.75, 3.05) is 0 Å². The van der Waals surface area contributed by atoms with Crippen molar-refractivity contribution >= 4 is 16.8 Å². The van der Waals surface area contributed by atoms with Crippen molar-refractivity contribution in [2.24, 2.45) is 0 Å². The summed E-state index contributed by atoms with van der Waals surface area (Å²) in [5, 5.41) is 6.90. The molecule has 1 N–H and O–H groups in total. The number of Topliss-reactive ketones (excluding diaryl/α,β-unsaturated/α-hetero) is 1. The van der Waals surface area contributed by atoms with Crippen molar-refractivity contribution in [1.82, 2.24) is 29.7 Å². The average Bonchev–Trinajstić information content (AvgIpc) is 3.56. The van der Waals surface area contributed by atoms with Crippen LogP contribution in [0, 0.1) is 0 Å². The van der Waals surface area contributed by atoms with E-state index >= 15 is 0 Å². The fraction of sp³-hybridized carbons (Fsp3) is 0.160. The SMILES string of the molecule is O=C(CCCCn1ccnc1)c1ccc2nc(-c3cn[nH]c3)c(-c3ccccc3)nc2c1. The van der Waals surface area contributed by atoms with Gasteiger partial charge in [0.2, 0.25) is 0 Å². The number of unbranched alkanes of at least 4 members (excludes halogenated alkanes) is 1. The van der Waals surface area contributed by atoms with Gasteiger partial charge in [-0.25, -0.2) is 15.0 Å². The molecule has 3 aromatic heterocycles. The fourth-order valence-electron chi connectivity index (χ4n) is 3.75. The molecule has 2 aromatic carbocycles. The second kappa shape index (κ2) is 8.93. The van der Waals surface area contributed by atoms with Gasteiger partial charge in [0.05, 0.1) is 29.3 Å². The van der Waals surface area contributed by atoms with Gasteiger partial charge in [0.1, 0.15) is 5.69 Å². The highest BCUT2D eigenvalue weighted by molar-refractivity contribution is 5.99. The lowest BCUT2D eigenvalue weighted by atomic mass is 10.0. The van der Waals surface area contributed by atoms with Crippen LogP contribution >= 0.6 is 0 Å². The predicted molar refractivity (Wildman–Crippen MR) is 123 cm³/mol. The summed E-state index contributed by atoms with van der Waals surface area (Å²) < 4.78 is 2.03. The molecule has 7 heteroatoms. The summed E-state index contributed by atoms with van der Waals surface area (Å²) >= 11 is 0. The minimum atomic E-state index is 0.125. The molecule has 0 unspecified atom stereocenters. The highest BCUT2D eigenvalue weighted by atomic mass is 16.1. The van der Waals surface area contributed by atoms with Crippen LogP contribution in [0.4, 0.5) is 0 Å². The topological polar surface area (TPSA) is 89.4 Å². The number of aromatic nitrogens is 6. The van der Waals surface area contributed by atoms with E-state index in [2.05, 4.69) is 15.2 Å². The van der Waals surface area contributed by atoms with Crippen molar-refractivity contribution < 1.29 is 4.79 Å². The minimum Gasteiger partial charge on any atom is -0.337 e. The molecule has 5 rings (SSSR count). The van der Waals surface area contributed by atoms with E-state index in [4.69, 9.17) is 9.97 Å². The standard InChI is InChI=1S/C25H22N6O/c32-23(8-4-5-12-31-13-11-26-17-31)19-9-10-21-22(14-19)30-24(18-6-2-1-3-7-18)25(29-21)20-15-27-28-16-20/h1-3,6-7,9-11,13-17H,4-5,8,12H2,(H,27,28). The molecule has 0 saturated carbocycles. The fourth-order valence-corrected chi connectivity index (χ4v) is 3.75. The molecule has 158 valence electrons. The van der Waals surface area contributed by atoms with Crippen molar-refractivity contribution in [3.05, 3.63) is 85.2 Å². The molecule has 0 amide bonds. The van der Waals surface area contributed by atoms with Gasteiger partial charge in [-0.3, -0.25) is 9.89 Å². The minimum absolute atomic E-state index is 0.125. The highest BCUT2D eigenvalue weighted by Gasteiger charge is 2.15. The number of hydrogen-bond acceptors (Lipinski definition) is 5. The second-order valence-corrected chi connectivity index (χ2v) is 7.66. The Kier molecular flexibility index (Phi) is 5.53. The van der Waals surface area contributed by atoms with Gasteiger partial charge in [-0.05, 0) is 31.0 Å². The van der Waals surface area contributed by atoms with Crippen LogP contribution in [0.25, 0.3) is 33.5 Å². The first-order valence-electron chi connectivity index (χ1n) is 10.6. The molecule has 0 spiro atoms. The summed E-state index contributed by atoms with van der Waals surface area (Å²) in [5.74, 6) is 0.125. The van der Waals surface area contributed by atoms with Crippen molar-refractivity contribution in [1.29, 1.82) is 0 Å². The van der Waals surface area contributed by atoms with Crippen molar-refractivity contribution in [2.45, 2.75) is 25.8 Å². The van der Waals surface area contributed by atoms with Gasteiger partial charge in [0, 0.05) is 48.2 Å². The molecule has 3 heterocycles. The van der Waals surface area contributed by atoms with Gasteiger partial charge in [-0.2, -0.15) is 5.10 Å². The molecular formula is C25H22N6O. The molecule has 7 nitrogen and oxygen atoms in total. The van der Waals surface area contributed by atoms with Crippen LogP contribution in [0.3, 0.4) is 0 Å². The molecule has 5 aromatic rings. The van der Waals surface area contributed by atoms with Crippen LogP contribution in [0.15, 0.2) is 79.6 Å². The molecular weight excluding hydrogens is 400 g/mol. The number of nitrogens with one attached hydrogen (secondary N) is 1. The normalized spacial score (nSPS) is 11.1. The zero-order valence-corrected chi connectivity index (χ0v) is 17.5. The smallest absolute Gasteiger partial charge is 0.162 e. The first-order chi connectivity index (χ1) is 15.8. The van der Waals surface area contributed by atoms with E-state index in [0.29, 0.717) is 17.5 Å². The maximum atomic E-state index is 12.8. The lowest BCUT2D eigenvalue weighted by molar-refractivity contribution is 0.0979. The summed E-state index contributed by atoms with van der Waals surface area (Å²) in [5.41, 5.74) is 5.49. The third kappa shape index (κ3) is 4.18. The number of carbonyl (C=O) groups excluding carboxylic acids is 1. The maximum Gasteiger partial charge on any atom is 0.162 e. The van der Waals surface area contributed by atoms with E-state index in [-0.39, 0.29) is 5.78 Å². The number of fused-ring (bicyclic) bond motifs is 1. The molecule has 32 heavy (non-hydrogen) atoms. The number of hydrogen-bond donors (Lipinski definition) is 1. The maximum absolute atomic E-state index is 12.8. The molecule has 0 aliphatic heterocycles. The van der Waals surface area contributed by atoms with E-state index in [1.807, 2.05) is 65.5 Å². The van der Waals surface area contributed by atoms with E-state index in [1.54, 1.807) is 18.7 Å². The number of benzene rings is 2. The molecule has 0 aliphatic rings. The molecule has 0 atom stereocenters. The van der Waals surface area contributed by atoms with E-state index in [1.165, 1.54) is 0 Å². The first-order valence-corrected chi connectivity index (χ1v) is 10.6. The van der Waals surface area contributed by atoms with Crippen molar-refractivity contribution in [3.63, 3.8) is 0 Å². The molecule has 0 radical (unpaired) electrons. The Hall–Kier alpha value is -4.13. The van der Waals surface area contributed by atoms with Crippen LogP contribution in [-0.4, -0.2) is 35.5 Å². The van der Waals surface area contributed by atoms with Gasteiger partial charge in [0.25, 0.3) is 0 Å². The lowest BCUT2D eigenvalue weighted by Gasteiger charge is -2.10. The Bertz CT molecular complexity index is 1330. The van der Waals surface area contributed by atoms with Crippen LogP contribution in [0.2, 0.25) is 0 Å². The monoisotopic (exact) mass is 422 g/mol. The number of rotatable bonds is 8. The Morgan fingerprint density at radius 1 is 0.938 bits per heavy atom. The third-order valence-corrected chi connectivity index (χ3v) is 5.43. The van der Waals surface area contributed by atoms with Gasteiger partial charge in [0.15, 0.2) is 5.78 Å². The number of aryl methyl sites for hydroxylation is 1. The van der Waals surface area contributed by atoms with Crippen LogP contribution in [-0.2, 0) is 6.54 Å². The second-order valence-electron chi connectivity index (χ2n) is 7.66. The van der Waals surface area contributed by atoms with Crippen LogP contribution in [0.5, 0.6) is 0 Å². The number of H-pyrrole nitrogens is 1. The Morgan fingerprint density at radius 2 is 1.78 bits per heavy atom. The average molecular weight is 422 g/mol. The highest BCUT2D eigenvalue weighted by Crippen LogP contribution is 2.30. The van der Waals surface area contributed by atoms with Crippen molar-refractivity contribution in [3.8, 4) is 22.5 Å². The van der Waals surface area contributed by atoms with Crippen LogP contribution in [0.1, 0.15) is 29.6 Å². The summed E-state index contributed by atoms with van der Waals surface area (Å²) in [6.07, 6.45) is 11.3. The quantitative estimate of drug-likeness (QED) is 0.283.